The highest BCUT2D eigenvalue weighted by atomic mass is 35.5. The molecule has 0 spiro atoms. The van der Waals surface area contributed by atoms with Gasteiger partial charge in [-0.05, 0) is 36.8 Å². The summed E-state index contributed by atoms with van der Waals surface area (Å²) in [5, 5.41) is 0.337. The standard InChI is InChI=1S/C13H15ClN2O3S/c1-9-2-4-11(19-9)8-16-20(17,18)12-5-3-10(7-15)13(14)6-12/h2-6,16H,7-8,15H2,1H3. The minimum Gasteiger partial charge on any atom is -0.465 e. The second-order valence-electron chi connectivity index (χ2n) is 4.29. The molecule has 0 saturated carbocycles. The lowest BCUT2D eigenvalue weighted by atomic mass is 10.2. The summed E-state index contributed by atoms with van der Waals surface area (Å²) in [5.41, 5.74) is 6.19. The molecule has 0 unspecified atom stereocenters. The Morgan fingerprint density at radius 2 is 2.05 bits per heavy atom. The number of sulfonamides is 1. The topological polar surface area (TPSA) is 85.3 Å². The third-order valence-corrected chi connectivity index (χ3v) is 4.54. The zero-order valence-electron chi connectivity index (χ0n) is 10.9. The molecule has 0 radical (unpaired) electrons. The van der Waals surface area contributed by atoms with E-state index >= 15 is 0 Å². The van der Waals surface area contributed by atoms with Crippen molar-refractivity contribution in [3.05, 3.63) is 52.4 Å². The first-order chi connectivity index (χ1) is 9.42. The number of halogens is 1. The van der Waals surface area contributed by atoms with Crippen molar-refractivity contribution in [3.8, 4) is 0 Å². The van der Waals surface area contributed by atoms with E-state index in [2.05, 4.69) is 4.72 Å². The van der Waals surface area contributed by atoms with E-state index in [9.17, 15) is 8.42 Å². The molecule has 0 atom stereocenters. The molecular formula is C13H15ClN2O3S. The molecule has 3 N–H and O–H groups in total. The van der Waals surface area contributed by atoms with Crippen LogP contribution in [0.25, 0.3) is 0 Å². The summed E-state index contributed by atoms with van der Waals surface area (Å²) in [6.07, 6.45) is 0. The predicted molar refractivity (Wildman–Crippen MR) is 76.8 cm³/mol. The fourth-order valence-electron chi connectivity index (χ4n) is 1.69. The highest BCUT2D eigenvalue weighted by Crippen LogP contribution is 2.20. The normalized spacial score (nSPS) is 11.8. The number of rotatable bonds is 5. The maximum atomic E-state index is 12.1. The van der Waals surface area contributed by atoms with Crippen LogP contribution in [-0.4, -0.2) is 8.42 Å². The average Bonchev–Trinajstić information content (AvgIpc) is 2.82. The number of nitrogens with two attached hydrogens (primary N) is 1. The number of hydrogen-bond donors (Lipinski definition) is 2. The highest BCUT2D eigenvalue weighted by Gasteiger charge is 2.16. The lowest BCUT2D eigenvalue weighted by Crippen LogP contribution is -2.23. The molecule has 5 nitrogen and oxygen atoms in total. The van der Waals surface area contributed by atoms with Gasteiger partial charge in [0, 0.05) is 11.6 Å². The van der Waals surface area contributed by atoms with Crippen LogP contribution >= 0.6 is 11.6 Å². The largest absolute Gasteiger partial charge is 0.465 e. The lowest BCUT2D eigenvalue weighted by molar-refractivity contribution is 0.475. The summed E-state index contributed by atoms with van der Waals surface area (Å²) in [7, 11) is -3.63. The highest BCUT2D eigenvalue weighted by molar-refractivity contribution is 7.89. The van der Waals surface area contributed by atoms with Crippen LogP contribution in [0.1, 0.15) is 17.1 Å². The first-order valence-electron chi connectivity index (χ1n) is 5.96. The minimum atomic E-state index is -3.63. The van der Waals surface area contributed by atoms with E-state index in [-0.39, 0.29) is 18.0 Å². The molecule has 1 aromatic heterocycles. The third kappa shape index (κ3) is 3.40. The molecule has 0 fully saturated rings. The Bertz CT molecular complexity index is 710. The van der Waals surface area contributed by atoms with Crippen molar-refractivity contribution >= 4 is 21.6 Å². The smallest absolute Gasteiger partial charge is 0.241 e. The Balaban J connectivity index is 2.15. The lowest BCUT2D eigenvalue weighted by Gasteiger charge is -2.07. The van der Waals surface area contributed by atoms with Gasteiger partial charge in [0.05, 0.1) is 11.4 Å². The average molecular weight is 315 g/mol. The monoisotopic (exact) mass is 314 g/mol. The fraction of sp³-hybridized carbons (Fsp3) is 0.231. The molecule has 0 amide bonds. The number of hydrogen-bond acceptors (Lipinski definition) is 4. The van der Waals surface area contributed by atoms with Gasteiger partial charge in [-0.25, -0.2) is 13.1 Å². The van der Waals surface area contributed by atoms with Crippen LogP contribution in [0.3, 0.4) is 0 Å². The van der Waals surface area contributed by atoms with Crippen LogP contribution in [0.2, 0.25) is 5.02 Å². The van der Waals surface area contributed by atoms with Crippen molar-refractivity contribution in [2.75, 3.05) is 0 Å². The van der Waals surface area contributed by atoms with Gasteiger partial charge < -0.3 is 10.2 Å². The van der Waals surface area contributed by atoms with E-state index in [1.807, 2.05) is 0 Å². The summed E-state index contributed by atoms with van der Waals surface area (Å²) in [4.78, 5) is 0.1000. The quantitative estimate of drug-likeness (QED) is 0.885. The van der Waals surface area contributed by atoms with Crippen LogP contribution in [0, 0.1) is 6.92 Å². The predicted octanol–water partition coefficient (Wildman–Crippen LogP) is 2.18. The summed E-state index contributed by atoms with van der Waals surface area (Å²) in [5.74, 6) is 1.28. The maximum Gasteiger partial charge on any atom is 0.241 e. The molecular weight excluding hydrogens is 300 g/mol. The number of aryl methyl sites for hydroxylation is 1. The van der Waals surface area contributed by atoms with E-state index in [0.29, 0.717) is 16.3 Å². The van der Waals surface area contributed by atoms with Crippen LogP contribution in [0.5, 0.6) is 0 Å². The van der Waals surface area contributed by atoms with Crippen molar-refractivity contribution in [2.24, 2.45) is 5.73 Å². The zero-order chi connectivity index (χ0) is 14.8. The first kappa shape index (κ1) is 15.1. The molecule has 0 aliphatic carbocycles. The van der Waals surface area contributed by atoms with Crippen molar-refractivity contribution in [3.63, 3.8) is 0 Å². The van der Waals surface area contributed by atoms with E-state index in [1.54, 1.807) is 25.1 Å². The van der Waals surface area contributed by atoms with Gasteiger partial charge in [0.15, 0.2) is 0 Å². The van der Waals surface area contributed by atoms with Gasteiger partial charge in [-0.2, -0.15) is 0 Å². The number of benzene rings is 1. The van der Waals surface area contributed by atoms with Crippen molar-refractivity contribution in [2.45, 2.75) is 24.9 Å². The minimum absolute atomic E-state index is 0.0897. The van der Waals surface area contributed by atoms with E-state index in [4.69, 9.17) is 21.8 Å². The summed E-state index contributed by atoms with van der Waals surface area (Å²) >= 11 is 5.97. The molecule has 0 saturated heterocycles. The van der Waals surface area contributed by atoms with Gasteiger partial charge in [-0.15, -0.1) is 0 Å². The van der Waals surface area contributed by atoms with E-state index in [1.165, 1.54) is 12.1 Å². The summed E-state index contributed by atoms with van der Waals surface area (Å²) < 4.78 is 32.0. The van der Waals surface area contributed by atoms with Gasteiger partial charge in [0.1, 0.15) is 11.5 Å². The summed E-state index contributed by atoms with van der Waals surface area (Å²) in [6, 6.07) is 7.97. The Labute approximate surface area is 122 Å². The van der Waals surface area contributed by atoms with Gasteiger partial charge in [-0.1, -0.05) is 17.7 Å². The van der Waals surface area contributed by atoms with Gasteiger partial charge in [0.25, 0.3) is 0 Å². The number of furan rings is 1. The van der Waals surface area contributed by atoms with Gasteiger partial charge >= 0.3 is 0 Å². The molecule has 20 heavy (non-hydrogen) atoms. The Morgan fingerprint density at radius 3 is 2.60 bits per heavy atom. The molecule has 1 heterocycles. The van der Waals surface area contributed by atoms with Crippen molar-refractivity contribution < 1.29 is 12.8 Å². The molecule has 2 rings (SSSR count). The Hall–Kier alpha value is -1.34. The van der Waals surface area contributed by atoms with Crippen LogP contribution in [0.4, 0.5) is 0 Å². The van der Waals surface area contributed by atoms with E-state index in [0.717, 1.165) is 5.76 Å². The second-order valence-corrected chi connectivity index (χ2v) is 6.47. The molecule has 2 aromatic rings. The van der Waals surface area contributed by atoms with Crippen molar-refractivity contribution in [1.82, 2.24) is 4.72 Å². The SMILES string of the molecule is Cc1ccc(CNS(=O)(=O)c2ccc(CN)c(Cl)c2)o1. The molecule has 0 aliphatic heterocycles. The Kier molecular flexibility index (Phi) is 4.49. The molecule has 108 valence electrons. The first-order valence-corrected chi connectivity index (χ1v) is 7.82. The van der Waals surface area contributed by atoms with Crippen LogP contribution in [0.15, 0.2) is 39.6 Å². The van der Waals surface area contributed by atoms with E-state index < -0.39 is 10.0 Å². The maximum absolute atomic E-state index is 12.1. The van der Waals surface area contributed by atoms with Crippen molar-refractivity contribution in [1.29, 1.82) is 0 Å². The molecule has 0 aliphatic rings. The van der Waals surface area contributed by atoms with Gasteiger partial charge in [-0.3, -0.25) is 0 Å². The van der Waals surface area contributed by atoms with Crippen LogP contribution < -0.4 is 10.5 Å². The molecule has 0 bridgehead atoms. The summed E-state index contributed by atoms with van der Waals surface area (Å²) in [6.45, 7) is 2.15. The fourth-order valence-corrected chi connectivity index (χ4v) is 3.03. The third-order valence-electron chi connectivity index (χ3n) is 2.79. The second kappa shape index (κ2) is 5.97. The zero-order valence-corrected chi connectivity index (χ0v) is 12.5. The van der Waals surface area contributed by atoms with Gasteiger partial charge in [0.2, 0.25) is 10.0 Å². The van der Waals surface area contributed by atoms with Crippen LogP contribution in [-0.2, 0) is 23.1 Å². The Morgan fingerprint density at radius 1 is 1.30 bits per heavy atom. The molecule has 7 heteroatoms. The molecule has 1 aromatic carbocycles. The number of nitrogens with one attached hydrogen (secondary N) is 1.